The summed E-state index contributed by atoms with van der Waals surface area (Å²) < 4.78 is 40.8. The van der Waals surface area contributed by atoms with E-state index in [0.29, 0.717) is 11.5 Å². The molecule has 0 heterocycles. The van der Waals surface area contributed by atoms with Gasteiger partial charge in [0.15, 0.2) is 0 Å². The fourth-order valence-corrected chi connectivity index (χ4v) is 4.39. The van der Waals surface area contributed by atoms with Gasteiger partial charge in [-0.05, 0) is 50.3 Å². The molecule has 1 fully saturated rings. The SMILES string of the molecule is Cc1cc(F)c(N)cc1S(=O)(=O)NC(C)C1CCCC1. The van der Waals surface area contributed by atoms with Crippen molar-refractivity contribution < 1.29 is 12.8 Å². The average molecular weight is 300 g/mol. The smallest absolute Gasteiger partial charge is 0.241 e. The molecule has 0 bridgehead atoms. The van der Waals surface area contributed by atoms with Crippen LogP contribution in [0.15, 0.2) is 17.0 Å². The van der Waals surface area contributed by atoms with Gasteiger partial charge in [0, 0.05) is 6.04 Å². The number of sulfonamides is 1. The fourth-order valence-electron chi connectivity index (χ4n) is 2.82. The Hall–Kier alpha value is -1.14. The maximum absolute atomic E-state index is 13.3. The molecule has 1 aliphatic rings. The molecule has 1 aliphatic carbocycles. The Bertz CT molecular complexity index is 595. The van der Waals surface area contributed by atoms with Crippen molar-refractivity contribution in [2.24, 2.45) is 5.92 Å². The second kappa shape index (κ2) is 5.69. The van der Waals surface area contributed by atoms with Crippen molar-refractivity contribution in [3.63, 3.8) is 0 Å². The van der Waals surface area contributed by atoms with E-state index in [9.17, 15) is 12.8 Å². The Balaban J connectivity index is 2.24. The molecule has 1 aromatic rings. The fraction of sp³-hybridized carbons (Fsp3) is 0.571. The van der Waals surface area contributed by atoms with E-state index in [1.54, 1.807) is 6.92 Å². The van der Waals surface area contributed by atoms with Crippen LogP contribution in [0.1, 0.15) is 38.2 Å². The minimum atomic E-state index is -3.66. The lowest BCUT2D eigenvalue weighted by Gasteiger charge is -2.21. The number of nitrogens with two attached hydrogens (primary N) is 1. The Labute approximate surface area is 119 Å². The van der Waals surface area contributed by atoms with E-state index in [-0.39, 0.29) is 16.6 Å². The van der Waals surface area contributed by atoms with Crippen LogP contribution < -0.4 is 10.5 Å². The molecule has 112 valence electrons. The van der Waals surface area contributed by atoms with Gasteiger partial charge in [-0.1, -0.05) is 12.8 Å². The van der Waals surface area contributed by atoms with Crippen LogP contribution in [0.4, 0.5) is 10.1 Å². The number of nitrogen functional groups attached to an aromatic ring is 1. The van der Waals surface area contributed by atoms with E-state index in [1.165, 1.54) is 6.07 Å². The minimum Gasteiger partial charge on any atom is -0.396 e. The zero-order chi connectivity index (χ0) is 14.9. The van der Waals surface area contributed by atoms with Crippen molar-refractivity contribution in [2.45, 2.75) is 50.5 Å². The van der Waals surface area contributed by atoms with Crippen molar-refractivity contribution in [1.82, 2.24) is 4.72 Å². The zero-order valence-corrected chi connectivity index (χ0v) is 12.6. The summed E-state index contributed by atoms with van der Waals surface area (Å²) in [6.07, 6.45) is 4.40. The first-order valence-electron chi connectivity index (χ1n) is 6.89. The lowest BCUT2D eigenvalue weighted by molar-refractivity contribution is 0.424. The second-order valence-electron chi connectivity index (χ2n) is 5.59. The van der Waals surface area contributed by atoms with Gasteiger partial charge in [-0.3, -0.25) is 0 Å². The monoisotopic (exact) mass is 300 g/mol. The molecule has 1 unspecified atom stereocenters. The largest absolute Gasteiger partial charge is 0.396 e. The molecule has 0 amide bonds. The van der Waals surface area contributed by atoms with Gasteiger partial charge in [-0.15, -0.1) is 0 Å². The van der Waals surface area contributed by atoms with Crippen molar-refractivity contribution in [3.8, 4) is 0 Å². The molecule has 20 heavy (non-hydrogen) atoms. The third-order valence-electron chi connectivity index (χ3n) is 4.03. The average Bonchev–Trinajstić information content (AvgIpc) is 2.86. The molecule has 0 aromatic heterocycles. The number of hydrogen-bond donors (Lipinski definition) is 2. The van der Waals surface area contributed by atoms with E-state index < -0.39 is 15.8 Å². The molecule has 1 atom stereocenters. The number of rotatable bonds is 4. The molecule has 0 spiro atoms. The zero-order valence-electron chi connectivity index (χ0n) is 11.8. The maximum Gasteiger partial charge on any atom is 0.241 e. The van der Waals surface area contributed by atoms with Crippen LogP contribution in [-0.4, -0.2) is 14.5 Å². The number of anilines is 1. The van der Waals surface area contributed by atoms with E-state index in [2.05, 4.69) is 4.72 Å². The normalized spacial score (nSPS) is 18.4. The van der Waals surface area contributed by atoms with Crippen molar-refractivity contribution in [2.75, 3.05) is 5.73 Å². The van der Waals surface area contributed by atoms with E-state index in [0.717, 1.165) is 31.7 Å². The number of hydrogen-bond acceptors (Lipinski definition) is 3. The summed E-state index contributed by atoms with van der Waals surface area (Å²) in [6.45, 7) is 3.45. The molecule has 0 radical (unpaired) electrons. The van der Waals surface area contributed by atoms with Crippen LogP contribution in [0, 0.1) is 18.7 Å². The first-order chi connectivity index (χ1) is 9.31. The molecule has 3 N–H and O–H groups in total. The highest BCUT2D eigenvalue weighted by Gasteiger charge is 2.27. The van der Waals surface area contributed by atoms with E-state index in [4.69, 9.17) is 5.73 Å². The number of halogens is 1. The Kier molecular flexibility index (Phi) is 4.34. The van der Waals surface area contributed by atoms with Crippen LogP contribution in [0.2, 0.25) is 0 Å². The minimum absolute atomic E-state index is 0.0567. The highest BCUT2D eigenvalue weighted by atomic mass is 32.2. The molecular weight excluding hydrogens is 279 g/mol. The summed E-state index contributed by atoms with van der Waals surface area (Å²) in [7, 11) is -3.66. The Morgan fingerprint density at radius 1 is 1.35 bits per heavy atom. The second-order valence-corrected chi connectivity index (χ2v) is 7.28. The van der Waals surface area contributed by atoms with Crippen LogP contribution in [0.3, 0.4) is 0 Å². The predicted molar refractivity (Wildman–Crippen MR) is 77.3 cm³/mol. The third kappa shape index (κ3) is 3.12. The van der Waals surface area contributed by atoms with Crippen molar-refractivity contribution >= 4 is 15.7 Å². The van der Waals surface area contributed by atoms with Gasteiger partial charge < -0.3 is 5.73 Å². The van der Waals surface area contributed by atoms with Gasteiger partial charge >= 0.3 is 0 Å². The first-order valence-corrected chi connectivity index (χ1v) is 8.37. The van der Waals surface area contributed by atoms with Crippen LogP contribution >= 0.6 is 0 Å². The van der Waals surface area contributed by atoms with Crippen LogP contribution in [0.25, 0.3) is 0 Å². The lowest BCUT2D eigenvalue weighted by Crippen LogP contribution is -2.37. The Morgan fingerprint density at radius 3 is 2.55 bits per heavy atom. The molecule has 0 saturated heterocycles. The number of benzene rings is 1. The summed E-state index contributed by atoms with van der Waals surface area (Å²) in [5.41, 5.74) is 5.69. The molecule has 1 saturated carbocycles. The Morgan fingerprint density at radius 2 is 1.95 bits per heavy atom. The molecule has 2 rings (SSSR count). The van der Waals surface area contributed by atoms with Gasteiger partial charge in [0.05, 0.1) is 10.6 Å². The van der Waals surface area contributed by atoms with Gasteiger partial charge in [0.2, 0.25) is 10.0 Å². The molecule has 0 aliphatic heterocycles. The highest BCUT2D eigenvalue weighted by molar-refractivity contribution is 7.89. The van der Waals surface area contributed by atoms with Gasteiger partial charge in [0.25, 0.3) is 0 Å². The van der Waals surface area contributed by atoms with Crippen LogP contribution in [-0.2, 0) is 10.0 Å². The van der Waals surface area contributed by atoms with Crippen LogP contribution in [0.5, 0.6) is 0 Å². The molecular formula is C14H21FN2O2S. The molecule has 4 nitrogen and oxygen atoms in total. The van der Waals surface area contributed by atoms with E-state index >= 15 is 0 Å². The summed E-state index contributed by atoms with van der Waals surface area (Å²) in [6, 6.07) is 2.23. The molecule has 6 heteroatoms. The van der Waals surface area contributed by atoms with Gasteiger partial charge in [-0.2, -0.15) is 0 Å². The highest BCUT2D eigenvalue weighted by Crippen LogP contribution is 2.29. The number of nitrogens with one attached hydrogen (secondary N) is 1. The first kappa shape index (κ1) is 15.3. The standard InChI is InChI=1S/C14H21FN2O2S/c1-9-7-12(15)13(16)8-14(9)20(18,19)17-10(2)11-5-3-4-6-11/h7-8,10-11,17H,3-6,16H2,1-2H3. The van der Waals surface area contributed by atoms with E-state index in [1.807, 2.05) is 6.92 Å². The predicted octanol–water partition coefficient (Wildman–Crippen LogP) is 2.57. The molecule has 1 aromatic carbocycles. The lowest BCUT2D eigenvalue weighted by atomic mass is 10.0. The summed E-state index contributed by atoms with van der Waals surface area (Å²) >= 11 is 0. The summed E-state index contributed by atoms with van der Waals surface area (Å²) in [4.78, 5) is 0.0567. The summed E-state index contributed by atoms with van der Waals surface area (Å²) in [5, 5.41) is 0. The maximum atomic E-state index is 13.3. The van der Waals surface area contributed by atoms with Gasteiger partial charge in [-0.25, -0.2) is 17.5 Å². The van der Waals surface area contributed by atoms with Crippen molar-refractivity contribution in [1.29, 1.82) is 0 Å². The van der Waals surface area contributed by atoms with Gasteiger partial charge in [0.1, 0.15) is 5.82 Å². The third-order valence-corrected chi connectivity index (χ3v) is 5.73. The van der Waals surface area contributed by atoms with Crippen molar-refractivity contribution in [3.05, 3.63) is 23.5 Å². The quantitative estimate of drug-likeness (QED) is 0.839. The topological polar surface area (TPSA) is 72.2 Å². The number of aryl methyl sites for hydroxylation is 1. The summed E-state index contributed by atoms with van der Waals surface area (Å²) in [5.74, 6) is -0.215.